The number of H-pyrrole nitrogens is 1. The van der Waals surface area contributed by atoms with Crippen molar-refractivity contribution in [2.45, 2.75) is 47.1 Å². The van der Waals surface area contributed by atoms with E-state index in [4.69, 9.17) is 10.5 Å². The smallest absolute Gasteiger partial charge is 0.331 e. The molecule has 0 fully saturated rings. The van der Waals surface area contributed by atoms with Gasteiger partial charge in [0.15, 0.2) is 0 Å². The Morgan fingerprint density at radius 1 is 1.17 bits per heavy atom. The van der Waals surface area contributed by atoms with Gasteiger partial charge >= 0.3 is 5.69 Å². The fourth-order valence-corrected chi connectivity index (χ4v) is 3.39. The highest BCUT2D eigenvalue weighted by Gasteiger charge is 2.21. The fourth-order valence-electron chi connectivity index (χ4n) is 3.39. The second-order valence-electron chi connectivity index (χ2n) is 7.75. The van der Waals surface area contributed by atoms with Gasteiger partial charge in [-0.25, -0.2) is 9.78 Å². The highest BCUT2D eigenvalue weighted by atomic mass is 19.1. The van der Waals surface area contributed by atoms with Crippen molar-refractivity contribution < 1.29 is 9.13 Å². The van der Waals surface area contributed by atoms with Gasteiger partial charge in [0.1, 0.15) is 11.6 Å². The molecule has 0 saturated heterocycles. The lowest BCUT2D eigenvalue weighted by atomic mass is 10.0. The van der Waals surface area contributed by atoms with Crippen molar-refractivity contribution in [3.8, 4) is 11.6 Å². The van der Waals surface area contributed by atoms with Gasteiger partial charge in [-0.3, -0.25) is 14.3 Å². The average molecular weight is 412 g/mol. The van der Waals surface area contributed by atoms with Crippen LogP contribution >= 0.6 is 0 Å². The summed E-state index contributed by atoms with van der Waals surface area (Å²) in [6.45, 7) is 9.45. The van der Waals surface area contributed by atoms with E-state index in [-0.39, 0.29) is 24.2 Å². The number of pyridine rings is 1. The van der Waals surface area contributed by atoms with E-state index in [9.17, 15) is 14.0 Å². The van der Waals surface area contributed by atoms with Crippen LogP contribution in [-0.2, 0) is 6.54 Å². The Hall–Kier alpha value is -3.42. The van der Waals surface area contributed by atoms with Gasteiger partial charge in [-0.05, 0) is 67.1 Å². The SMILES string of the molecule is Cc1cc(C)c(C)c(Oc2c(C(C)C)c(=O)[nH]c(=O)n2Cc2cc(N)nc(F)c2)c1. The second kappa shape index (κ2) is 8.14. The van der Waals surface area contributed by atoms with E-state index in [1.807, 2.05) is 46.8 Å². The molecule has 0 aliphatic carbocycles. The largest absolute Gasteiger partial charge is 0.440 e. The summed E-state index contributed by atoms with van der Waals surface area (Å²) in [4.78, 5) is 31.1. The Kier molecular flexibility index (Phi) is 5.78. The maximum atomic E-state index is 13.7. The molecule has 0 saturated carbocycles. The molecule has 158 valence electrons. The Balaban J connectivity index is 2.24. The molecular weight excluding hydrogens is 387 g/mol. The highest BCUT2D eigenvalue weighted by Crippen LogP contribution is 2.31. The third kappa shape index (κ3) is 4.27. The zero-order chi connectivity index (χ0) is 22.2. The lowest BCUT2D eigenvalue weighted by Crippen LogP contribution is -2.34. The quantitative estimate of drug-likeness (QED) is 0.624. The highest BCUT2D eigenvalue weighted by molar-refractivity contribution is 5.45. The summed E-state index contributed by atoms with van der Waals surface area (Å²) < 4.78 is 21.2. The molecule has 0 atom stereocenters. The molecule has 7 nitrogen and oxygen atoms in total. The van der Waals surface area contributed by atoms with Crippen molar-refractivity contribution in [2.75, 3.05) is 5.73 Å². The van der Waals surface area contributed by atoms with Crippen LogP contribution < -0.4 is 21.7 Å². The summed E-state index contributed by atoms with van der Waals surface area (Å²) in [5, 5.41) is 0. The van der Waals surface area contributed by atoms with Crippen LogP contribution in [0.25, 0.3) is 0 Å². The van der Waals surface area contributed by atoms with Crippen LogP contribution in [0.1, 0.15) is 47.6 Å². The molecule has 30 heavy (non-hydrogen) atoms. The van der Waals surface area contributed by atoms with E-state index < -0.39 is 17.2 Å². The molecule has 0 unspecified atom stereocenters. The molecule has 0 amide bonds. The molecule has 1 aromatic carbocycles. The number of hydrogen-bond donors (Lipinski definition) is 2. The molecule has 0 spiro atoms. The standard InChI is InChI=1S/C22H25FN4O3/c1-11(2)19-20(28)26-22(29)27(10-15-8-17(23)25-18(24)9-15)21(19)30-16-7-12(3)6-13(4)14(16)5/h6-9,11H,10H2,1-5H3,(H2,24,25)(H,26,28,29). The number of aromatic amines is 1. The van der Waals surface area contributed by atoms with E-state index >= 15 is 0 Å². The van der Waals surface area contributed by atoms with Crippen LogP contribution in [0.2, 0.25) is 0 Å². The van der Waals surface area contributed by atoms with Crippen molar-refractivity contribution in [2.24, 2.45) is 0 Å². The maximum absolute atomic E-state index is 13.7. The number of nitrogens with one attached hydrogen (secondary N) is 1. The minimum Gasteiger partial charge on any atom is -0.440 e. The van der Waals surface area contributed by atoms with E-state index in [1.165, 1.54) is 16.7 Å². The first kappa shape index (κ1) is 21.3. The van der Waals surface area contributed by atoms with Crippen LogP contribution in [0.5, 0.6) is 11.6 Å². The van der Waals surface area contributed by atoms with Gasteiger partial charge in [-0.15, -0.1) is 0 Å². The first-order chi connectivity index (χ1) is 14.1. The second-order valence-corrected chi connectivity index (χ2v) is 7.75. The maximum Gasteiger partial charge on any atom is 0.331 e. The van der Waals surface area contributed by atoms with Crippen LogP contribution in [-0.4, -0.2) is 14.5 Å². The molecule has 0 radical (unpaired) electrons. The summed E-state index contributed by atoms with van der Waals surface area (Å²) in [6.07, 6.45) is 0. The molecule has 2 aromatic heterocycles. The molecule has 3 rings (SSSR count). The van der Waals surface area contributed by atoms with E-state index in [1.54, 1.807) is 0 Å². The molecule has 0 bridgehead atoms. The molecular formula is C22H25FN4O3. The summed E-state index contributed by atoms with van der Waals surface area (Å²) >= 11 is 0. The fraction of sp³-hybridized carbons (Fsp3) is 0.318. The summed E-state index contributed by atoms with van der Waals surface area (Å²) in [7, 11) is 0. The number of ether oxygens (including phenoxy) is 1. The number of aryl methyl sites for hydroxylation is 2. The average Bonchev–Trinajstić information content (AvgIpc) is 2.61. The Bertz CT molecular complexity index is 1210. The first-order valence-electron chi connectivity index (χ1n) is 9.61. The predicted octanol–water partition coefficient (Wildman–Crippen LogP) is 3.54. The van der Waals surface area contributed by atoms with Gasteiger partial charge < -0.3 is 10.5 Å². The minimum absolute atomic E-state index is 0.000761. The molecule has 2 heterocycles. The summed E-state index contributed by atoms with van der Waals surface area (Å²) in [6, 6.07) is 6.54. The molecule has 3 N–H and O–H groups in total. The number of aromatic nitrogens is 3. The van der Waals surface area contributed by atoms with Gasteiger partial charge in [-0.1, -0.05) is 19.9 Å². The number of hydrogen-bond acceptors (Lipinski definition) is 5. The van der Waals surface area contributed by atoms with Crippen molar-refractivity contribution >= 4 is 5.82 Å². The topological polar surface area (TPSA) is 103 Å². The van der Waals surface area contributed by atoms with E-state index in [2.05, 4.69) is 9.97 Å². The third-order valence-electron chi connectivity index (χ3n) is 4.95. The van der Waals surface area contributed by atoms with Crippen molar-refractivity contribution in [1.82, 2.24) is 14.5 Å². The number of rotatable bonds is 5. The lowest BCUT2D eigenvalue weighted by Gasteiger charge is -2.20. The Morgan fingerprint density at radius 2 is 1.87 bits per heavy atom. The van der Waals surface area contributed by atoms with Gasteiger partial charge in [0.05, 0.1) is 12.1 Å². The number of nitrogen functional groups attached to an aromatic ring is 1. The zero-order valence-corrected chi connectivity index (χ0v) is 17.7. The van der Waals surface area contributed by atoms with Crippen LogP contribution in [0.3, 0.4) is 0 Å². The third-order valence-corrected chi connectivity index (χ3v) is 4.95. The number of nitrogens with zero attached hydrogens (tertiary/aromatic N) is 2. The zero-order valence-electron chi connectivity index (χ0n) is 17.7. The number of halogens is 1. The predicted molar refractivity (Wildman–Crippen MR) is 114 cm³/mol. The van der Waals surface area contributed by atoms with Gasteiger partial charge in [0.2, 0.25) is 11.8 Å². The normalized spacial score (nSPS) is 11.2. The van der Waals surface area contributed by atoms with Crippen molar-refractivity contribution in [3.05, 3.63) is 78.9 Å². The van der Waals surface area contributed by atoms with Crippen LogP contribution in [0.4, 0.5) is 10.2 Å². The van der Waals surface area contributed by atoms with Gasteiger partial charge in [-0.2, -0.15) is 4.39 Å². The number of benzene rings is 1. The summed E-state index contributed by atoms with van der Waals surface area (Å²) in [5.41, 5.74) is 8.14. The van der Waals surface area contributed by atoms with Crippen molar-refractivity contribution in [1.29, 1.82) is 0 Å². The number of anilines is 1. The Labute approximate surface area is 173 Å². The summed E-state index contributed by atoms with van der Waals surface area (Å²) in [5.74, 6) is -0.296. The van der Waals surface area contributed by atoms with E-state index in [0.717, 1.165) is 16.7 Å². The Morgan fingerprint density at radius 3 is 2.50 bits per heavy atom. The van der Waals surface area contributed by atoms with Gasteiger partial charge in [0.25, 0.3) is 5.56 Å². The van der Waals surface area contributed by atoms with Crippen molar-refractivity contribution in [3.63, 3.8) is 0 Å². The monoisotopic (exact) mass is 412 g/mol. The van der Waals surface area contributed by atoms with Crippen LogP contribution in [0, 0.1) is 26.7 Å². The molecule has 0 aliphatic heterocycles. The first-order valence-corrected chi connectivity index (χ1v) is 9.61. The lowest BCUT2D eigenvalue weighted by molar-refractivity contribution is 0.407. The molecule has 3 aromatic rings. The minimum atomic E-state index is -0.751. The molecule has 8 heteroatoms. The van der Waals surface area contributed by atoms with Crippen LogP contribution in [0.15, 0.2) is 33.9 Å². The van der Waals surface area contributed by atoms with Gasteiger partial charge in [0, 0.05) is 0 Å². The number of nitrogens with two attached hydrogens (primary N) is 1. The van der Waals surface area contributed by atoms with E-state index in [0.29, 0.717) is 16.9 Å². The molecule has 0 aliphatic rings.